The number of aromatic nitrogens is 3. The quantitative estimate of drug-likeness (QED) is 0.291. The number of benzene rings is 2. The van der Waals surface area contributed by atoms with Crippen LogP contribution in [0.3, 0.4) is 0 Å². The van der Waals surface area contributed by atoms with Gasteiger partial charge in [0.25, 0.3) is 12.2 Å². The van der Waals surface area contributed by atoms with E-state index in [4.69, 9.17) is 4.74 Å². The lowest BCUT2D eigenvalue weighted by atomic mass is 9.62. The number of nitrogens with one attached hydrogen (secondary N) is 1. The average molecular weight is 573 g/mol. The summed E-state index contributed by atoms with van der Waals surface area (Å²) < 4.78 is 64.4. The minimum atomic E-state index is -4.58. The molecule has 3 aromatic rings. The molecule has 3 aliphatic rings. The second-order valence-electron chi connectivity index (χ2n) is 12.1. The van der Waals surface area contributed by atoms with Crippen LogP contribution in [0.15, 0.2) is 49.1 Å². The Hall–Kier alpha value is -3.31. The fourth-order valence-electron chi connectivity index (χ4n) is 6.52. The molecule has 0 spiro atoms. The Bertz CT molecular complexity index is 1460. The van der Waals surface area contributed by atoms with Crippen molar-refractivity contribution < 1.29 is 31.8 Å². The molecular weight excluding hydrogens is 538 g/mol. The number of anilines is 1. The minimum absolute atomic E-state index is 0.00492. The first kappa shape index (κ1) is 27.8. The van der Waals surface area contributed by atoms with Gasteiger partial charge in [0.15, 0.2) is 6.86 Å². The van der Waals surface area contributed by atoms with E-state index < -0.39 is 29.9 Å². The summed E-state index contributed by atoms with van der Waals surface area (Å²) in [6.45, 7) is 1.84. The van der Waals surface area contributed by atoms with Gasteiger partial charge in [-0.05, 0) is 85.1 Å². The van der Waals surface area contributed by atoms with E-state index in [0.29, 0.717) is 30.6 Å². The number of carbonyl (C=O) groups excluding carboxylic acids is 1. The van der Waals surface area contributed by atoms with Crippen LogP contribution in [0.2, 0.25) is 0 Å². The second-order valence-corrected chi connectivity index (χ2v) is 12.1. The van der Waals surface area contributed by atoms with Crippen molar-refractivity contribution in [2.45, 2.75) is 81.9 Å². The lowest BCUT2D eigenvalue weighted by Crippen LogP contribution is -2.56. The summed E-state index contributed by atoms with van der Waals surface area (Å²) in [5, 5.41) is 7.76. The zero-order valence-electron chi connectivity index (χ0n) is 23.2. The van der Waals surface area contributed by atoms with Crippen molar-refractivity contribution >= 4 is 11.6 Å². The van der Waals surface area contributed by atoms with Gasteiger partial charge >= 0.3 is 6.18 Å². The lowest BCUT2D eigenvalue weighted by Gasteiger charge is -2.46. The number of nitrogens with zero attached hydrogens (tertiary/aromatic N) is 4. The van der Waals surface area contributed by atoms with Crippen molar-refractivity contribution in [3.63, 3.8) is 0 Å². The molecule has 0 saturated heterocycles. The standard InChI is InChI=1S/C30H34F4N5O2/c1-28(7-4-8-28)35-14-20-9-24-25(26(10-20)30(32,33)34)15-39(27(24)40)22-6-3-5-21(11-22)29(12-23(13-29)41-17-31)16-38-19-37(2)18-36-38/h3,5-6,9-11,18-19,23,35H,4,7-8,12-17H2,1-2H3/q+1/t23-,29+. The van der Waals surface area contributed by atoms with Crippen LogP contribution in [0.1, 0.15) is 71.6 Å². The summed E-state index contributed by atoms with van der Waals surface area (Å²) in [5.41, 5.74) is 0.734. The zero-order chi connectivity index (χ0) is 29.0. The minimum Gasteiger partial charge on any atom is -0.347 e. The Kier molecular flexibility index (Phi) is 6.93. The monoisotopic (exact) mass is 572 g/mol. The summed E-state index contributed by atoms with van der Waals surface area (Å²) in [6.07, 6.45) is 2.90. The topological polar surface area (TPSA) is 63.3 Å². The third-order valence-corrected chi connectivity index (χ3v) is 9.05. The number of amides is 1. The highest BCUT2D eigenvalue weighted by Gasteiger charge is 2.49. The fourth-order valence-corrected chi connectivity index (χ4v) is 6.52. The van der Waals surface area contributed by atoms with Crippen molar-refractivity contribution in [1.82, 2.24) is 15.0 Å². The molecule has 6 rings (SSSR count). The van der Waals surface area contributed by atoms with Crippen LogP contribution >= 0.6 is 0 Å². The normalized spacial score (nSPS) is 23.3. The Balaban J connectivity index is 1.30. The molecule has 2 fully saturated rings. The molecule has 1 N–H and O–H groups in total. The number of ether oxygens (including phenoxy) is 1. The molecule has 1 aromatic heterocycles. The molecule has 0 unspecified atom stereocenters. The number of hydrogen-bond acceptors (Lipinski definition) is 4. The molecule has 7 nitrogen and oxygen atoms in total. The highest BCUT2D eigenvalue weighted by molar-refractivity contribution is 6.10. The predicted octanol–water partition coefficient (Wildman–Crippen LogP) is 4.96. The molecule has 1 aliphatic heterocycles. The van der Waals surface area contributed by atoms with Gasteiger partial charge in [0.2, 0.25) is 6.33 Å². The molecule has 11 heteroatoms. The largest absolute Gasteiger partial charge is 0.416 e. The zero-order valence-corrected chi connectivity index (χ0v) is 23.2. The summed E-state index contributed by atoms with van der Waals surface area (Å²) in [4.78, 5) is 15.1. The first-order chi connectivity index (χ1) is 19.5. The van der Waals surface area contributed by atoms with Gasteiger partial charge in [-0.25, -0.2) is 8.96 Å². The Morgan fingerprint density at radius 3 is 2.61 bits per heavy atom. The van der Waals surface area contributed by atoms with Crippen LogP contribution in [0, 0.1) is 0 Å². The van der Waals surface area contributed by atoms with Gasteiger partial charge in [-0.3, -0.25) is 4.79 Å². The summed E-state index contributed by atoms with van der Waals surface area (Å²) >= 11 is 0. The van der Waals surface area contributed by atoms with Gasteiger partial charge in [0.05, 0.1) is 25.3 Å². The van der Waals surface area contributed by atoms with E-state index in [9.17, 15) is 22.4 Å². The second kappa shape index (κ2) is 10.2. The van der Waals surface area contributed by atoms with Gasteiger partial charge in [-0.15, -0.1) is 4.68 Å². The maximum atomic E-state index is 14.2. The van der Waals surface area contributed by atoms with Gasteiger partial charge in [0, 0.05) is 28.7 Å². The van der Waals surface area contributed by atoms with Gasteiger partial charge < -0.3 is 15.0 Å². The van der Waals surface area contributed by atoms with E-state index in [1.165, 1.54) is 11.0 Å². The highest BCUT2D eigenvalue weighted by Crippen LogP contribution is 2.47. The van der Waals surface area contributed by atoms with E-state index in [1.807, 2.05) is 40.8 Å². The summed E-state index contributed by atoms with van der Waals surface area (Å²) in [5.74, 6) is -0.445. The van der Waals surface area contributed by atoms with E-state index in [2.05, 4.69) is 17.3 Å². The molecule has 2 heterocycles. The van der Waals surface area contributed by atoms with Gasteiger partial charge in [-0.2, -0.15) is 13.2 Å². The van der Waals surface area contributed by atoms with Crippen LogP contribution in [0.4, 0.5) is 23.2 Å². The summed E-state index contributed by atoms with van der Waals surface area (Å²) in [7, 11) is 1.87. The van der Waals surface area contributed by atoms with Crippen molar-refractivity contribution in [3.05, 3.63) is 76.9 Å². The van der Waals surface area contributed by atoms with E-state index in [-0.39, 0.29) is 35.9 Å². The van der Waals surface area contributed by atoms with Crippen LogP contribution in [-0.2, 0) is 43.0 Å². The Labute approximate surface area is 236 Å². The number of aryl methyl sites for hydroxylation is 1. The van der Waals surface area contributed by atoms with E-state index in [0.717, 1.165) is 24.8 Å². The maximum Gasteiger partial charge on any atom is 0.416 e. The molecule has 41 heavy (non-hydrogen) atoms. The van der Waals surface area contributed by atoms with Crippen molar-refractivity contribution in [1.29, 1.82) is 0 Å². The third kappa shape index (κ3) is 5.25. The summed E-state index contributed by atoms with van der Waals surface area (Å²) in [6, 6.07) is 10.2. The molecule has 218 valence electrons. The lowest BCUT2D eigenvalue weighted by molar-refractivity contribution is -0.761. The molecule has 2 aliphatic carbocycles. The third-order valence-electron chi connectivity index (χ3n) is 9.05. The number of rotatable bonds is 9. The van der Waals surface area contributed by atoms with Crippen LogP contribution in [0.5, 0.6) is 0 Å². The average Bonchev–Trinajstić information content (AvgIpc) is 3.46. The maximum absolute atomic E-state index is 14.2. The van der Waals surface area contributed by atoms with Crippen LogP contribution in [-0.4, -0.2) is 34.1 Å². The van der Waals surface area contributed by atoms with Crippen molar-refractivity contribution in [2.75, 3.05) is 11.8 Å². The van der Waals surface area contributed by atoms with Crippen LogP contribution < -0.4 is 14.9 Å². The number of carbonyl (C=O) groups is 1. The Morgan fingerprint density at radius 2 is 1.98 bits per heavy atom. The molecular formula is C30H34F4N5O2+. The van der Waals surface area contributed by atoms with Gasteiger partial charge in [-0.1, -0.05) is 12.1 Å². The SMILES string of the molecule is Cn1cn[n+](C[C@]2(c3cccc(N4Cc5c(cc(CNC6(C)CCC6)cc5C(F)(F)F)C4=O)c3)C[C@@H](OCF)C2)c1. The number of halogens is 4. The van der Waals surface area contributed by atoms with E-state index >= 15 is 0 Å². The molecule has 0 bridgehead atoms. The number of hydrogen-bond donors (Lipinski definition) is 1. The molecule has 1 amide bonds. The van der Waals surface area contributed by atoms with Crippen LogP contribution in [0.25, 0.3) is 0 Å². The number of alkyl halides is 4. The predicted molar refractivity (Wildman–Crippen MR) is 143 cm³/mol. The smallest absolute Gasteiger partial charge is 0.347 e. The number of fused-ring (bicyclic) bond motifs is 1. The molecule has 0 atom stereocenters. The van der Waals surface area contributed by atoms with Gasteiger partial charge in [0.1, 0.15) is 6.54 Å². The van der Waals surface area contributed by atoms with Crippen molar-refractivity contribution in [3.8, 4) is 0 Å². The van der Waals surface area contributed by atoms with Crippen molar-refractivity contribution in [2.24, 2.45) is 7.05 Å². The highest BCUT2D eigenvalue weighted by atomic mass is 19.4. The molecule has 2 aromatic carbocycles. The fraction of sp³-hybridized carbons (Fsp3) is 0.500. The first-order valence-corrected chi connectivity index (χ1v) is 13.9. The van der Waals surface area contributed by atoms with E-state index in [1.54, 1.807) is 18.5 Å². The first-order valence-electron chi connectivity index (χ1n) is 13.9. The molecule has 0 radical (unpaired) electrons. The Morgan fingerprint density at radius 1 is 1.20 bits per heavy atom. The molecule has 2 saturated carbocycles.